The molecule has 0 aromatic heterocycles. The Balaban J connectivity index is 0.00000121. The van der Waals surface area contributed by atoms with Crippen molar-refractivity contribution < 1.29 is 9.53 Å². The highest BCUT2D eigenvalue weighted by Gasteiger charge is 1.99. The molecule has 0 heterocycles. The highest BCUT2D eigenvalue weighted by Crippen LogP contribution is 2.13. The van der Waals surface area contributed by atoms with Gasteiger partial charge in [0.2, 0.25) is 0 Å². The smallest absolute Gasteiger partial charge is 0.169 e. The molecule has 2 heteroatoms. The first kappa shape index (κ1) is 15.7. The van der Waals surface area contributed by atoms with Gasteiger partial charge in [-0.2, -0.15) is 0 Å². The molecule has 0 unspecified atom stereocenters. The van der Waals surface area contributed by atoms with Gasteiger partial charge in [-0.15, -0.1) is 0 Å². The average Bonchev–Trinajstić information content (AvgIpc) is 2.40. The molecule has 0 atom stereocenters. The van der Waals surface area contributed by atoms with Crippen LogP contribution >= 0.6 is 0 Å². The fourth-order valence-electron chi connectivity index (χ4n) is 1.31. The van der Waals surface area contributed by atoms with Crippen LogP contribution in [-0.2, 0) is 11.2 Å². The van der Waals surface area contributed by atoms with Crippen molar-refractivity contribution in [2.45, 2.75) is 47.0 Å². The van der Waals surface area contributed by atoms with Gasteiger partial charge in [-0.1, -0.05) is 46.2 Å². The quantitative estimate of drug-likeness (QED) is 0.745. The third-order valence-corrected chi connectivity index (χ3v) is 2.26. The lowest BCUT2D eigenvalue weighted by atomic mass is 10.1. The number of ketones is 1. The van der Waals surface area contributed by atoms with Gasteiger partial charge < -0.3 is 4.74 Å². The van der Waals surface area contributed by atoms with E-state index in [1.165, 1.54) is 5.56 Å². The molecule has 0 aliphatic heterocycles. The number of rotatable bonds is 6. The van der Waals surface area contributed by atoms with Crippen LogP contribution in [0.2, 0.25) is 0 Å². The van der Waals surface area contributed by atoms with E-state index in [1.54, 1.807) is 0 Å². The Morgan fingerprint density at radius 2 is 1.71 bits per heavy atom. The number of Topliss-reactive ketones (excluding diaryl/α,β-unsaturated/α-hetero) is 1. The minimum atomic E-state index is 0.132. The topological polar surface area (TPSA) is 26.3 Å². The van der Waals surface area contributed by atoms with Gasteiger partial charge in [0.25, 0.3) is 0 Å². The first-order valence-electron chi connectivity index (χ1n) is 6.49. The molecule has 0 spiro atoms. The SMILES string of the molecule is CC.CCCc1ccc(OCC(=O)CC)cc1. The maximum absolute atomic E-state index is 11.0. The number of hydrogen-bond donors (Lipinski definition) is 0. The molecule has 0 aliphatic carbocycles. The summed E-state index contributed by atoms with van der Waals surface area (Å²) in [4.78, 5) is 11.0. The highest BCUT2D eigenvalue weighted by atomic mass is 16.5. The molecular weight excluding hydrogens is 212 g/mol. The monoisotopic (exact) mass is 236 g/mol. The Bertz CT molecular complexity index is 301. The van der Waals surface area contributed by atoms with Crippen LogP contribution in [0.1, 0.15) is 46.1 Å². The van der Waals surface area contributed by atoms with Crippen molar-refractivity contribution in [2.75, 3.05) is 6.61 Å². The number of ether oxygens (including phenoxy) is 1. The Kier molecular flexibility index (Phi) is 9.12. The molecule has 1 aromatic rings. The molecule has 1 aromatic carbocycles. The van der Waals surface area contributed by atoms with E-state index in [9.17, 15) is 4.79 Å². The number of benzene rings is 1. The summed E-state index contributed by atoms with van der Waals surface area (Å²) >= 11 is 0. The van der Waals surface area contributed by atoms with E-state index < -0.39 is 0 Å². The summed E-state index contributed by atoms with van der Waals surface area (Å²) in [5, 5.41) is 0. The van der Waals surface area contributed by atoms with Crippen LogP contribution in [0, 0.1) is 0 Å². The van der Waals surface area contributed by atoms with Crippen LogP contribution in [0.15, 0.2) is 24.3 Å². The van der Waals surface area contributed by atoms with Gasteiger partial charge in [0, 0.05) is 6.42 Å². The number of hydrogen-bond acceptors (Lipinski definition) is 2. The van der Waals surface area contributed by atoms with Crippen LogP contribution in [0.5, 0.6) is 5.75 Å². The van der Waals surface area contributed by atoms with Crippen LogP contribution in [0.4, 0.5) is 0 Å². The second kappa shape index (κ2) is 9.88. The van der Waals surface area contributed by atoms with Gasteiger partial charge in [-0.05, 0) is 24.1 Å². The predicted octanol–water partition coefficient (Wildman–Crippen LogP) is 4.02. The standard InChI is InChI=1S/C13H18O2.C2H6/c1-3-5-11-6-8-13(9-7-11)15-10-12(14)4-2;1-2/h6-9H,3-5,10H2,1-2H3;1-2H3. The molecule has 96 valence electrons. The zero-order chi connectivity index (χ0) is 13.1. The Morgan fingerprint density at radius 3 is 2.18 bits per heavy atom. The fourth-order valence-corrected chi connectivity index (χ4v) is 1.31. The van der Waals surface area contributed by atoms with Gasteiger partial charge in [0.05, 0.1) is 0 Å². The van der Waals surface area contributed by atoms with Crippen LogP contribution in [0.25, 0.3) is 0 Å². The zero-order valence-electron chi connectivity index (χ0n) is 11.5. The van der Waals surface area contributed by atoms with Crippen molar-refractivity contribution in [1.29, 1.82) is 0 Å². The first-order valence-corrected chi connectivity index (χ1v) is 6.49. The van der Waals surface area contributed by atoms with Gasteiger partial charge in [0.1, 0.15) is 12.4 Å². The van der Waals surface area contributed by atoms with Crippen LogP contribution in [0.3, 0.4) is 0 Å². The maximum Gasteiger partial charge on any atom is 0.169 e. The summed E-state index contributed by atoms with van der Waals surface area (Å²) in [5.74, 6) is 0.907. The molecule has 0 saturated heterocycles. The lowest BCUT2D eigenvalue weighted by Crippen LogP contribution is -2.09. The molecular formula is C15H24O2. The van der Waals surface area contributed by atoms with Crippen LogP contribution in [-0.4, -0.2) is 12.4 Å². The van der Waals surface area contributed by atoms with Crippen molar-refractivity contribution in [2.24, 2.45) is 0 Å². The third-order valence-electron chi connectivity index (χ3n) is 2.26. The summed E-state index contributed by atoms with van der Waals surface area (Å²) < 4.78 is 5.34. The van der Waals surface area contributed by atoms with Crippen molar-refractivity contribution in [1.82, 2.24) is 0 Å². The molecule has 1 rings (SSSR count). The molecule has 0 N–H and O–H groups in total. The summed E-state index contributed by atoms with van der Waals surface area (Å²) in [7, 11) is 0. The van der Waals surface area contributed by atoms with Crippen molar-refractivity contribution in [3.63, 3.8) is 0 Å². The third kappa shape index (κ3) is 6.77. The van der Waals surface area contributed by atoms with E-state index in [2.05, 4.69) is 19.1 Å². The van der Waals surface area contributed by atoms with Gasteiger partial charge in [-0.25, -0.2) is 0 Å². The van der Waals surface area contributed by atoms with Gasteiger partial charge in [-0.3, -0.25) is 4.79 Å². The Hall–Kier alpha value is -1.31. The molecule has 0 saturated carbocycles. The largest absolute Gasteiger partial charge is 0.486 e. The average molecular weight is 236 g/mol. The minimum absolute atomic E-state index is 0.132. The van der Waals surface area contributed by atoms with E-state index in [-0.39, 0.29) is 12.4 Å². The number of aryl methyl sites for hydroxylation is 1. The highest BCUT2D eigenvalue weighted by molar-refractivity contribution is 5.79. The van der Waals surface area contributed by atoms with Crippen molar-refractivity contribution >= 4 is 5.78 Å². The Morgan fingerprint density at radius 1 is 1.12 bits per heavy atom. The Labute approximate surface area is 105 Å². The van der Waals surface area contributed by atoms with E-state index in [0.717, 1.165) is 18.6 Å². The van der Waals surface area contributed by atoms with E-state index in [4.69, 9.17) is 4.74 Å². The van der Waals surface area contributed by atoms with Crippen molar-refractivity contribution in [3.05, 3.63) is 29.8 Å². The van der Waals surface area contributed by atoms with Crippen LogP contribution < -0.4 is 4.74 Å². The zero-order valence-corrected chi connectivity index (χ0v) is 11.5. The van der Waals surface area contributed by atoms with Gasteiger partial charge >= 0.3 is 0 Å². The normalized spacial score (nSPS) is 9.18. The molecule has 0 radical (unpaired) electrons. The van der Waals surface area contributed by atoms with E-state index in [0.29, 0.717) is 6.42 Å². The predicted molar refractivity (Wildman–Crippen MR) is 72.6 cm³/mol. The summed E-state index contributed by atoms with van der Waals surface area (Å²) in [6.07, 6.45) is 2.77. The molecule has 0 bridgehead atoms. The lowest BCUT2D eigenvalue weighted by molar-refractivity contribution is -0.120. The van der Waals surface area contributed by atoms with Gasteiger partial charge in [0.15, 0.2) is 5.78 Å². The summed E-state index contributed by atoms with van der Waals surface area (Å²) in [6.45, 7) is 8.18. The first-order chi connectivity index (χ1) is 8.26. The molecule has 0 amide bonds. The summed E-state index contributed by atoms with van der Waals surface area (Å²) in [5.41, 5.74) is 1.31. The minimum Gasteiger partial charge on any atom is -0.486 e. The van der Waals surface area contributed by atoms with E-state index >= 15 is 0 Å². The second-order valence-electron chi connectivity index (χ2n) is 3.57. The van der Waals surface area contributed by atoms with Crippen molar-refractivity contribution in [3.8, 4) is 5.75 Å². The molecule has 17 heavy (non-hydrogen) atoms. The fraction of sp³-hybridized carbons (Fsp3) is 0.533. The van der Waals surface area contributed by atoms with E-state index in [1.807, 2.05) is 32.9 Å². The second-order valence-corrected chi connectivity index (χ2v) is 3.57. The number of carbonyl (C=O) groups excluding carboxylic acids is 1. The lowest BCUT2D eigenvalue weighted by Gasteiger charge is -2.05. The summed E-state index contributed by atoms with van der Waals surface area (Å²) in [6, 6.07) is 7.95. The number of carbonyl (C=O) groups is 1. The maximum atomic E-state index is 11.0. The molecule has 2 nitrogen and oxygen atoms in total. The molecule has 0 fully saturated rings. The molecule has 0 aliphatic rings.